The van der Waals surface area contributed by atoms with Crippen LogP contribution in [0.3, 0.4) is 0 Å². The highest BCUT2D eigenvalue weighted by atomic mass is 35.5. The van der Waals surface area contributed by atoms with Gasteiger partial charge in [0.25, 0.3) is 5.91 Å². The van der Waals surface area contributed by atoms with Crippen LogP contribution >= 0.6 is 34.7 Å². The van der Waals surface area contributed by atoms with Gasteiger partial charge in [0.1, 0.15) is 0 Å². The van der Waals surface area contributed by atoms with Crippen LogP contribution < -0.4 is 10.6 Å². The first-order chi connectivity index (χ1) is 14.8. The second-order valence-corrected chi connectivity index (χ2v) is 9.69. The molecule has 0 aliphatic rings. The smallest absolute Gasteiger partial charge is 0.251 e. The van der Waals surface area contributed by atoms with Gasteiger partial charge in [-0.1, -0.05) is 23.4 Å². The molecule has 2 heterocycles. The summed E-state index contributed by atoms with van der Waals surface area (Å²) in [7, 11) is 0. The third-order valence-electron chi connectivity index (χ3n) is 4.53. The van der Waals surface area contributed by atoms with Gasteiger partial charge in [-0.2, -0.15) is 0 Å². The molecule has 0 aliphatic heterocycles. The summed E-state index contributed by atoms with van der Waals surface area (Å²) < 4.78 is 1.88. The van der Waals surface area contributed by atoms with Gasteiger partial charge in [-0.05, 0) is 52.0 Å². The maximum absolute atomic E-state index is 12.6. The lowest BCUT2D eigenvalue weighted by Crippen LogP contribution is -2.25. The average molecular weight is 479 g/mol. The van der Waals surface area contributed by atoms with E-state index in [0.717, 1.165) is 10.6 Å². The Morgan fingerprint density at radius 2 is 1.94 bits per heavy atom. The standard InChI is InChI=1S/C20H23ClN6O2S2/c1-5-27-16(10-22-18(29)14-6-8-15(21)9-7-14)25-26-20(27)31-13(4)17(28)24-19-23-11(2)12(3)30-19/h6-9,13H,5,10H2,1-4H3,(H,22,29)(H,23,24,28)/t13-/m0/s1. The molecule has 31 heavy (non-hydrogen) atoms. The van der Waals surface area contributed by atoms with Crippen LogP contribution in [0.25, 0.3) is 0 Å². The third-order valence-corrected chi connectivity index (χ3v) is 6.85. The number of aromatic nitrogens is 4. The molecule has 0 aliphatic carbocycles. The van der Waals surface area contributed by atoms with Crippen LogP contribution in [0, 0.1) is 13.8 Å². The highest BCUT2D eigenvalue weighted by Crippen LogP contribution is 2.25. The minimum Gasteiger partial charge on any atom is -0.345 e. The van der Waals surface area contributed by atoms with E-state index in [0.29, 0.717) is 33.2 Å². The van der Waals surface area contributed by atoms with E-state index < -0.39 is 5.25 Å². The number of nitrogens with zero attached hydrogens (tertiary/aromatic N) is 4. The van der Waals surface area contributed by atoms with Crippen molar-refractivity contribution in [2.45, 2.75) is 51.2 Å². The molecule has 3 rings (SSSR count). The number of aryl methyl sites for hydroxylation is 2. The zero-order valence-corrected chi connectivity index (χ0v) is 20.0. The molecule has 2 N–H and O–H groups in total. The van der Waals surface area contributed by atoms with E-state index in [-0.39, 0.29) is 18.4 Å². The first-order valence-electron chi connectivity index (χ1n) is 9.65. The third kappa shape index (κ3) is 5.84. The fourth-order valence-corrected chi connectivity index (χ4v) is 4.54. The van der Waals surface area contributed by atoms with Crippen LogP contribution in [0.15, 0.2) is 29.4 Å². The maximum atomic E-state index is 12.6. The molecule has 0 saturated heterocycles. The predicted molar refractivity (Wildman–Crippen MR) is 124 cm³/mol. The lowest BCUT2D eigenvalue weighted by molar-refractivity contribution is -0.115. The Kier molecular flexibility index (Phi) is 7.69. The summed E-state index contributed by atoms with van der Waals surface area (Å²) in [4.78, 5) is 30.3. The molecule has 8 nitrogen and oxygen atoms in total. The van der Waals surface area contributed by atoms with Gasteiger partial charge >= 0.3 is 0 Å². The first-order valence-corrected chi connectivity index (χ1v) is 11.7. The van der Waals surface area contributed by atoms with Gasteiger partial charge in [-0.15, -0.1) is 21.5 Å². The van der Waals surface area contributed by atoms with Gasteiger partial charge in [-0.3, -0.25) is 9.59 Å². The number of carbonyl (C=O) groups is 2. The van der Waals surface area contributed by atoms with Crippen molar-refractivity contribution in [1.82, 2.24) is 25.1 Å². The lowest BCUT2D eigenvalue weighted by Gasteiger charge is -2.12. The van der Waals surface area contributed by atoms with Crippen molar-refractivity contribution in [2.75, 3.05) is 5.32 Å². The van der Waals surface area contributed by atoms with E-state index in [1.807, 2.05) is 32.3 Å². The highest BCUT2D eigenvalue weighted by molar-refractivity contribution is 8.00. The summed E-state index contributed by atoms with van der Waals surface area (Å²) in [5.41, 5.74) is 1.43. The number of benzene rings is 1. The van der Waals surface area contributed by atoms with Crippen LogP contribution in [-0.4, -0.2) is 36.8 Å². The van der Waals surface area contributed by atoms with Crippen molar-refractivity contribution in [1.29, 1.82) is 0 Å². The number of rotatable bonds is 8. The van der Waals surface area contributed by atoms with Crippen LogP contribution in [0.4, 0.5) is 5.13 Å². The Hall–Kier alpha value is -2.43. The number of hydrogen-bond donors (Lipinski definition) is 2. The van der Waals surface area contributed by atoms with Crippen molar-refractivity contribution < 1.29 is 9.59 Å². The second kappa shape index (κ2) is 10.3. The van der Waals surface area contributed by atoms with Gasteiger partial charge in [0.05, 0.1) is 17.5 Å². The Labute approximate surface area is 193 Å². The molecule has 0 radical (unpaired) electrons. The molecule has 164 valence electrons. The Bertz CT molecular complexity index is 1060. The SMILES string of the molecule is CCn1c(CNC(=O)c2ccc(Cl)cc2)nnc1S[C@@H](C)C(=O)Nc1nc(C)c(C)s1. The summed E-state index contributed by atoms with van der Waals surface area (Å²) in [5.74, 6) is 0.242. The number of thioether (sulfide) groups is 1. The van der Waals surface area contributed by atoms with Crippen molar-refractivity contribution in [2.24, 2.45) is 0 Å². The van der Waals surface area contributed by atoms with E-state index in [2.05, 4.69) is 25.8 Å². The van der Waals surface area contributed by atoms with E-state index >= 15 is 0 Å². The molecule has 0 spiro atoms. The Morgan fingerprint density at radius 1 is 1.23 bits per heavy atom. The number of thiazole rings is 1. The van der Waals surface area contributed by atoms with Crippen LogP contribution in [0.1, 0.15) is 40.6 Å². The molecule has 0 bridgehead atoms. The van der Waals surface area contributed by atoms with Gasteiger partial charge in [0, 0.05) is 22.0 Å². The molecule has 0 unspecified atom stereocenters. The Morgan fingerprint density at radius 3 is 2.55 bits per heavy atom. The number of nitrogens with one attached hydrogen (secondary N) is 2. The van der Waals surface area contributed by atoms with Crippen molar-refractivity contribution in [3.8, 4) is 0 Å². The number of anilines is 1. The van der Waals surface area contributed by atoms with Crippen molar-refractivity contribution in [3.05, 3.63) is 51.2 Å². The molecular weight excluding hydrogens is 456 g/mol. The van der Waals surface area contributed by atoms with Crippen LogP contribution in [0.5, 0.6) is 0 Å². The Balaban J connectivity index is 1.61. The van der Waals surface area contributed by atoms with E-state index in [1.165, 1.54) is 23.1 Å². The fraction of sp³-hybridized carbons (Fsp3) is 0.350. The minimum absolute atomic E-state index is 0.151. The van der Waals surface area contributed by atoms with Gasteiger partial charge in [0.15, 0.2) is 16.1 Å². The summed E-state index contributed by atoms with van der Waals surface area (Å²) >= 11 is 8.63. The molecule has 3 aromatic rings. The first kappa shape index (κ1) is 23.2. The van der Waals surface area contributed by atoms with E-state index in [4.69, 9.17) is 11.6 Å². The van der Waals surface area contributed by atoms with E-state index in [1.54, 1.807) is 24.3 Å². The van der Waals surface area contributed by atoms with Crippen molar-refractivity contribution >= 4 is 51.6 Å². The summed E-state index contributed by atoms with van der Waals surface area (Å²) in [6, 6.07) is 6.66. The zero-order chi connectivity index (χ0) is 22.5. The fourth-order valence-electron chi connectivity index (χ4n) is 2.66. The largest absolute Gasteiger partial charge is 0.345 e. The summed E-state index contributed by atoms with van der Waals surface area (Å²) in [6.45, 7) is 8.49. The van der Waals surface area contributed by atoms with Crippen LogP contribution in [0.2, 0.25) is 5.02 Å². The molecule has 1 aromatic carbocycles. The van der Waals surface area contributed by atoms with Crippen LogP contribution in [-0.2, 0) is 17.9 Å². The number of carbonyl (C=O) groups excluding carboxylic acids is 2. The van der Waals surface area contributed by atoms with Gasteiger partial charge in [0.2, 0.25) is 5.91 Å². The normalized spacial score (nSPS) is 11.9. The molecule has 0 fully saturated rings. The maximum Gasteiger partial charge on any atom is 0.251 e. The van der Waals surface area contributed by atoms with Gasteiger partial charge in [-0.25, -0.2) is 4.98 Å². The molecule has 0 saturated carbocycles. The van der Waals surface area contributed by atoms with E-state index in [9.17, 15) is 9.59 Å². The lowest BCUT2D eigenvalue weighted by atomic mass is 10.2. The zero-order valence-electron chi connectivity index (χ0n) is 17.6. The quantitative estimate of drug-likeness (QED) is 0.473. The number of hydrogen-bond acceptors (Lipinski definition) is 7. The second-order valence-electron chi connectivity index (χ2n) is 6.74. The monoisotopic (exact) mass is 478 g/mol. The highest BCUT2D eigenvalue weighted by Gasteiger charge is 2.21. The molecular formula is C20H23ClN6O2S2. The number of amides is 2. The molecule has 11 heteroatoms. The average Bonchev–Trinajstić information content (AvgIpc) is 3.27. The van der Waals surface area contributed by atoms with Gasteiger partial charge < -0.3 is 15.2 Å². The van der Waals surface area contributed by atoms with Crippen molar-refractivity contribution in [3.63, 3.8) is 0 Å². The predicted octanol–water partition coefficient (Wildman–Crippen LogP) is 4.07. The molecule has 1 atom stereocenters. The summed E-state index contributed by atoms with van der Waals surface area (Å²) in [6.07, 6.45) is 0. The topological polar surface area (TPSA) is 102 Å². The number of halogens is 1. The minimum atomic E-state index is -0.393. The molecule has 2 aromatic heterocycles. The molecule has 2 amide bonds. The summed E-state index contributed by atoms with van der Waals surface area (Å²) in [5, 5.41) is 15.5.